The number of aliphatic hydroxyl groups excluding tert-OH is 1. The van der Waals surface area contributed by atoms with E-state index in [0.717, 1.165) is 6.07 Å². The molecule has 1 saturated heterocycles. The van der Waals surface area contributed by atoms with Crippen molar-refractivity contribution < 1.29 is 28.2 Å². The lowest BCUT2D eigenvalue weighted by molar-refractivity contribution is 0.0384. The first-order valence-electron chi connectivity index (χ1n) is 10.4. The van der Waals surface area contributed by atoms with Gasteiger partial charge in [0.1, 0.15) is 18.2 Å². The van der Waals surface area contributed by atoms with Gasteiger partial charge in [0.25, 0.3) is 5.91 Å². The van der Waals surface area contributed by atoms with Crippen LogP contribution in [0, 0.1) is 17.6 Å². The molecule has 33 heavy (non-hydrogen) atoms. The molecule has 174 valence electrons. The summed E-state index contributed by atoms with van der Waals surface area (Å²) >= 11 is 0. The van der Waals surface area contributed by atoms with E-state index in [4.69, 9.17) is 15.2 Å². The first-order chi connectivity index (χ1) is 15.9. The van der Waals surface area contributed by atoms with Crippen molar-refractivity contribution in [1.29, 1.82) is 0 Å². The molecule has 0 aliphatic carbocycles. The quantitative estimate of drug-likeness (QED) is 0.573. The minimum atomic E-state index is -0.927. The van der Waals surface area contributed by atoms with Crippen LogP contribution < -0.4 is 20.5 Å². The van der Waals surface area contributed by atoms with Crippen molar-refractivity contribution in [2.24, 2.45) is 16.6 Å². The number of amides is 1. The Morgan fingerprint density at radius 3 is 2.82 bits per heavy atom. The SMILES string of the molecule is CN=CC(=CN)c1ccc(OCC2CN(C(=O)c3cc4c(cc3F)OCC(O)N4)C2)c(F)c1. The molecule has 0 saturated carbocycles. The van der Waals surface area contributed by atoms with Gasteiger partial charge in [0.15, 0.2) is 17.8 Å². The normalized spacial score (nSPS) is 18.4. The molecule has 0 spiro atoms. The highest BCUT2D eigenvalue weighted by Gasteiger charge is 2.34. The van der Waals surface area contributed by atoms with Crippen LogP contribution in [0.5, 0.6) is 11.5 Å². The zero-order chi connectivity index (χ0) is 23.5. The summed E-state index contributed by atoms with van der Waals surface area (Å²) in [6.07, 6.45) is 1.95. The third-order valence-corrected chi connectivity index (χ3v) is 5.45. The zero-order valence-corrected chi connectivity index (χ0v) is 17.9. The monoisotopic (exact) mass is 458 g/mol. The van der Waals surface area contributed by atoms with Crippen LogP contribution in [0.4, 0.5) is 14.5 Å². The Bertz CT molecular complexity index is 1120. The maximum atomic E-state index is 14.4. The maximum absolute atomic E-state index is 14.4. The van der Waals surface area contributed by atoms with Crippen LogP contribution in [0.25, 0.3) is 5.57 Å². The molecular weight excluding hydrogens is 434 g/mol. The molecule has 10 heteroatoms. The number of anilines is 1. The summed E-state index contributed by atoms with van der Waals surface area (Å²) in [4.78, 5) is 18.1. The number of aliphatic hydroxyl groups is 1. The minimum Gasteiger partial charge on any atom is -0.490 e. The largest absolute Gasteiger partial charge is 0.490 e. The van der Waals surface area contributed by atoms with E-state index < -0.39 is 23.8 Å². The minimum absolute atomic E-state index is 0.00522. The number of rotatable bonds is 6. The van der Waals surface area contributed by atoms with Gasteiger partial charge in [-0.15, -0.1) is 0 Å². The number of benzene rings is 2. The number of carbonyl (C=O) groups is 1. The molecule has 0 aromatic heterocycles. The van der Waals surface area contributed by atoms with E-state index >= 15 is 0 Å². The van der Waals surface area contributed by atoms with Crippen molar-refractivity contribution in [1.82, 2.24) is 4.90 Å². The van der Waals surface area contributed by atoms with E-state index in [2.05, 4.69) is 10.3 Å². The van der Waals surface area contributed by atoms with Crippen LogP contribution >= 0.6 is 0 Å². The summed E-state index contributed by atoms with van der Waals surface area (Å²) in [7, 11) is 1.60. The van der Waals surface area contributed by atoms with Crippen molar-refractivity contribution in [2.45, 2.75) is 6.23 Å². The van der Waals surface area contributed by atoms with E-state index in [9.17, 15) is 18.7 Å². The molecule has 1 atom stereocenters. The first-order valence-corrected chi connectivity index (χ1v) is 10.4. The molecule has 8 nitrogen and oxygen atoms in total. The maximum Gasteiger partial charge on any atom is 0.256 e. The fourth-order valence-electron chi connectivity index (χ4n) is 3.71. The Morgan fingerprint density at radius 2 is 2.12 bits per heavy atom. The van der Waals surface area contributed by atoms with Crippen LogP contribution in [0.3, 0.4) is 0 Å². The van der Waals surface area contributed by atoms with Gasteiger partial charge in [0, 0.05) is 50.1 Å². The molecule has 2 aliphatic heterocycles. The second-order valence-electron chi connectivity index (χ2n) is 7.84. The molecule has 1 amide bonds. The summed E-state index contributed by atoms with van der Waals surface area (Å²) in [5, 5.41) is 12.4. The van der Waals surface area contributed by atoms with Crippen LogP contribution in [0.15, 0.2) is 41.5 Å². The average molecular weight is 458 g/mol. The van der Waals surface area contributed by atoms with Gasteiger partial charge in [-0.3, -0.25) is 9.79 Å². The number of hydrogen-bond donors (Lipinski definition) is 3. The molecule has 2 aliphatic rings. The molecule has 2 aromatic carbocycles. The predicted molar refractivity (Wildman–Crippen MR) is 119 cm³/mol. The number of fused-ring (bicyclic) bond motifs is 1. The number of aliphatic imine (C=N–C) groups is 1. The smallest absolute Gasteiger partial charge is 0.256 e. The summed E-state index contributed by atoms with van der Waals surface area (Å²) in [6.45, 7) is 0.919. The Kier molecular flexibility index (Phi) is 6.45. The fourth-order valence-corrected chi connectivity index (χ4v) is 3.71. The molecule has 1 unspecified atom stereocenters. The highest BCUT2D eigenvalue weighted by molar-refractivity contribution is 6.09. The Morgan fingerprint density at radius 1 is 1.33 bits per heavy atom. The van der Waals surface area contributed by atoms with E-state index in [1.165, 1.54) is 35.5 Å². The van der Waals surface area contributed by atoms with Crippen LogP contribution in [-0.2, 0) is 0 Å². The molecule has 4 N–H and O–H groups in total. The number of likely N-dealkylation sites (tertiary alicyclic amines) is 1. The third kappa shape index (κ3) is 4.75. The lowest BCUT2D eigenvalue weighted by atomic mass is 9.99. The van der Waals surface area contributed by atoms with Gasteiger partial charge in [-0.05, 0) is 23.8 Å². The molecule has 0 radical (unpaired) electrons. The van der Waals surface area contributed by atoms with E-state index in [0.29, 0.717) is 29.9 Å². The Hall–Kier alpha value is -3.66. The van der Waals surface area contributed by atoms with Crippen molar-refractivity contribution in [3.63, 3.8) is 0 Å². The summed E-state index contributed by atoms with van der Waals surface area (Å²) in [5.74, 6) is -1.37. The lowest BCUT2D eigenvalue weighted by Gasteiger charge is -2.39. The fraction of sp³-hybridized carbons (Fsp3) is 0.304. The second kappa shape index (κ2) is 9.45. The summed E-state index contributed by atoms with van der Waals surface area (Å²) in [5.41, 5.74) is 6.96. The molecule has 2 aromatic rings. The topological polar surface area (TPSA) is 109 Å². The second-order valence-corrected chi connectivity index (χ2v) is 7.84. The summed E-state index contributed by atoms with van der Waals surface area (Å²) in [6, 6.07) is 6.99. The molecule has 4 rings (SSSR count). The van der Waals surface area contributed by atoms with Gasteiger partial charge in [-0.1, -0.05) is 6.07 Å². The van der Waals surface area contributed by atoms with Crippen molar-refractivity contribution >= 4 is 23.4 Å². The predicted octanol–water partition coefficient (Wildman–Crippen LogP) is 2.24. The van der Waals surface area contributed by atoms with Crippen LogP contribution in [0.1, 0.15) is 15.9 Å². The van der Waals surface area contributed by atoms with Crippen LogP contribution in [-0.4, -0.2) is 61.7 Å². The molecule has 1 fully saturated rings. The Balaban J connectivity index is 1.33. The van der Waals surface area contributed by atoms with Gasteiger partial charge >= 0.3 is 0 Å². The van der Waals surface area contributed by atoms with E-state index in [1.54, 1.807) is 13.1 Å². The zero-order valence-electron chi connectivity index (χ0n) is 17.9. The van der Waals surface area contributed by atoms with Gasteiger partial charge < -0.3 is 30.5 Å². The van der Waals surface area contributed by atoms with E-state index in [1.807, 2.05) is 0 Å². The number of nitrogens with zero attached hydrogens (tertiary/aromatic N) is 2. The number of halogens is 2. The number of ether oxygens (including phenoxy) is 2. The van der Waals surface area contributed by atoms with Gasteiger partial charge in [-0.25, -0.2) is 8.78 Å². The highest BCUT2D eigenvalue weighted by Crippen LogP contribution is 2.33. The third-order valence-electron chi connectivity index (χ3n) is 5.45. The van der Waals surface area contributed by atoms with Gasteiger partial charge in [0.05, 0.1) is 17.9 Å². The van der Waals surface area contributed by atoms with Gasteiger partial charge in [-0.2, -0.15) is 0 Å². The van der Waals surface area contributed by atoms with E-state index in [-0.39, 0.29) is 36.2 Å². The standard InChI is InChI=1S/C23H24F2N4O4/c1-27-8-15(7-26)14-2-3-20(18(25)4-14)32-11-13-9-29(10-13)23(31)16-5-19-21(6-17(16)24)33-12-22(30)28-19/h2-8,13,22,28,30H,9-12,26H2,1H3. The number of allylic oxidation sites excluding steroid dienone is 1. The van der Waals surface area contributed by atoms with Crippen molar-refractivity contribution in [3.05, 3.63) is 59.3 Å². The number of nitrogens with one attached hydrogen (secondary N) is 1. The van der Waals surface area contributed by atoms with Crippen molar-refractivity contribution in [2.75, 3.05) is 38.7 Å². The number of nitrogens with two attached hydrogens (primary N) is 1. The first kappa shape index (κ1) is 22.5. The average Bonchev–Trinajstić information content (AvgIpc) is 2.77. The molecule has 0 bridgehead atoms. The molecular formula is C23H24F2N4O4. The number of hydrogen-bond acceptors (Lipinski definition) is 7. The van der Waals surface area contributed by atoms with Gasteiger partial charge in [0.2, 0.25) is 0 Å². The van der Waals surface area contributed by atoms with Crippen LogP contribution in [0.2, 0.25) is 0 Å². The highest BCUT2D eigenvalue weighted by atomic mass is 19.1. The van der Waals surface area contributed by atoms with Crippen molar-refractivity contribution in [3.8, 4) is 11.5 Å². The summed E-state index contributed by atoms with van der Waals surface area (Å²) < 4.78 is 39.7. The molecule has 2 heterocycles. The lowest BCUT2D eigenvalue weighted by Crippen LogP contribution is -2.52. The Labute approximate surface area is 189 Å². The number of carbonyl (C=O) groups excluding carboxylic acids is 1.